The zero-order chi connectivity index (χ0) is 13.0. The van der Waals surface area contributed by atoms with Crippen molar-refractivity contribution in [2.75, 3.05) is 25.4 Å². The maximum absolute atomic E-state index is 3.74. The fraction of sp³-hybridized carbons (Fsp3) is 1.00. The highest BCUT2D eigenvalue weighted by molar-refractivity contribution is 8.00. The second kappa shape index (κ2) is 6.62. The Kier molecular flexibility index (Phi) is 5.40. The first-order valence-electron chi connectivity index (χ1n) is 7.78. The van der Waals surface area contributed by atoms with Crippen molar-refractivity contribution in [2.24, 2.45) is 0 Å². The fourth-order valence-electron chi connectivity index (χ4n) is 3.46. The standard InChI is InChI=1S/C15H30N2S/c1-4-7-13-11-17(14(5-2)10-16-13)12-15(3)8-6-9-18-15/h13-14,16H,4-12H2,1-3H3. The third-order valence-electron chi connectivity index (χ3n) is 4.56. The molecular weight excluding hydrogens is 240 g/mol. The summed E-state index contributed by atoms with van der Waals surface area (Å²) in [5.41, 5.74) is 0. The van der Waals surface area contributed by atoms with Crippen LogP contribution in [-0.2, 0) is 0 Å². The molecule has 0 aromatic rings. The van der Waals surface area contributed by atoms with Crippen LogP contribution in [-0.4, -0.2) is 47.1 Å². The van der Waals surface area contributed by atoms with Crippen molar-refractivity contribution < 1.29 is 0 Å². The Hall–Kier alpha value is 0.270. The van der Waals surface area contributed by atoms with Crippen LogP contribution < -0.4 is 5.32 Å². The van der Waals surface area contributed by atoms with Gasteiger partial charge in [0.15, 0.2) is 0 Å². The summed E-state index contributed by atoms with van der Waals surface area (Å²) in [5, 5.41) is 3.74. The summed E-state index contributed by atoms with van der Waals surface area (Å²) in [6.45, 7) is 10.9. The van der Waals surface area contributed by atoms with Gasteiger partial charge >= 0.3 is 0 Å². The minimum atomic E-state index is 0.529. The molecule has 2 rings (SSSR count). The van der Waals surface area contributed by atoms with Crippen LogP contribution in [0.1, 0.15) is 52.9 Å². The SMILES string of the molecule is CCCC1CN(CC2(C)CCCS2)C(CC)CN1. The molecule has 0 spiro atoms. The summed E-state index contributed by atoms with van der Waals surface area (Å²) in [6, 6.07) is 1.49. The monoisotopic (exact) mass is 270 g/mol. The molecule has 3 heteroatoms. The lowest BCUT2D eigenvalue weighted by molar-refractivity contribution is 0.112. The molecule has 0 aromatic carbocycles. The normalized spacial score (nSPS) is 38.2. The Balaban J connectivity index is 1.93. The van der Waals surface area contributed by atoms with Crippen molar-refractivity contribution in [3.05, 3.63) is 0 Å². The van der Waals surface area contributed by atoms with Gasteiger partial charge in [-0.1, -0.05) is 20.3 Å². The first-order chi connectivity index (χ1) is 8.67. The van der Waals surface area contributed by atoms with E-state index in [0.717, 1.165) is 12.1 Å². The molecule has 0 saturated carbocycles. The number of nitrogens with one attached hydrogen (secondary N) is 1. The van der Waals surface area contributed by atoms with E-state index in [1.54, 1.807) is 0 Å². The Labute approximate surface area is 117 Å². The molecule has 0 amide bonds. The van der Waals surface area contributed by atoms with E-state index in [-0.39, 0.29) is 0 Å². The van der Waals surface area contributed by atoms with Crippen LogP contribution in [0.4, 0.5) is 0 Å². The number of thioether (sulfide) groups is 1. The van der Waals surface area contributed by atoms with E-state index < -0.39 is 0 Å². The van der Waals surface area contributed by atoms with Gasteiger partial charge in [-0.15, -0.1) is 0 Å². The molecule has 0 radical (unpaired) electrons. The molecule has 0 aromatic heterocycles. The average Bonchev–Trinajstić information content (AvgIpc) is 2.77. The molecule has 3 unspecified atom stereocenters. The highest BCUT2D eigenvalue weighted by Crippen LogP contribution is 2.39. The lowest BCUT2D eigenvalue weighted by Crippen LogP contribution is -2.58. The minimum Gasteiger partial charge on any atom is -0.311 e. The van der Waals surface area contributed by atoms with Gasteiger partial charge in [-0.05, 0) is 38.4 Å². The lowest BCUT2D eigenvalue weighted by atomic mass is 9.99. The van der Waals surface area contributed by atoms with Gasteiger partial charge in [0.25, 0.3) is 0 Å². The van der Waals surface area contributed by atoms with Crippen molar-refractivity contribution in [3.63, 3.8) is 0 Å². The molecule has 3 atom stereocenters. The molecule has 2 heterocycles. The molecule has 2 fully saturated rings. The van der Waals surface area contributed by atoms with Crippen LogP contribution in [0.25, 0.3) is 0 Å². The molecule has 2 nitrogen and oxygen atoms in total. The first-order valence-corrected chi connectivity index (χ1v) is 8.77. The van der Waals surface area contributed by atoms with Crippen LogP contribution in [0, 0.1) is 0 Å². The summed E-state index contributed by atoms with van der Waals surface area (Å²) in [6.07, 6.45) is 6.75. The van der Waals surface area contributed by atoms with Gasteiger partial charge in [-0.3, -0.25) is 4.90 Å². The molecule has 0 bridgehead atoms. The van der Waals surface area contributed by atoms with Gasteiger partial charge in [0.2, 0.25) is 0 Å². The highest BCUT2D eigenvalue weighted by atomic mass is 32.2. The van der Waals surface area contributed by atoms with E-state index >= 15 is 0 Å². The van der Waals surface area contributed by atoms with E-state index in [1.165, 1.54) is 57.5 Å². The van der Waals surface area contributed by atoms with Gasteiger partial charge in [0.1, 0.15) is 0 Å². The quantitative estimate of drug-likeness (QED) is 0.826. The minimum absolute atomic E-state index is 0.529. The Morgan fingerprint density at radius 1 is 1.39 bits per heavy atom. The number of piperazine rings is 1. The topological polar surface area (TPSA) is 15.3 Å². The third-order valence-corrected chi connectivity index (χ3v) is 6.08. The van der Waals surface area contributed by atoms with Gasteiger partial charge < -0.3 is 5.32 Å². The zero-order valence-electron chi connectivity index (χ0n) is 12.4. The Morgan fingerprint density at radius 3 is 2.83 bits per heavy atom. The molecule has 0 aliphatic carbocycles. The maximum Gasteiger partial charge on any atom is 0.0259 e. The molecule has 2 aliphatic heterocycles. The van der Waals surface area contributed by atoms with Crippen molar-refractivity contribution in [1.82, 2.24) is 10.2 Å². The van der Waals surface area contributed by atoms with Gasteiger partial charge in [0, 0.05) is 36.5 Å². The summed E-state index contributed by atoms with van der Waals surface area (Å²) < 4.78 is 0.529. The summed E-state index contributed by atoms with van der Waals surface area (Å²) in [4.78, 5) is 2.79. The maximum atomic E-state index is 3.74. The van der Waals surface area contributed by atoms with Gasteiger partial charge in [-0.2, -0.15) is 11.8 Å². The number of rotatable bonds is 5. The van der Waals surface area contributed by atoms with Crippen molar-refractivity contribution in [1.29, 1.82) is 0 Å². The molecular formula is C15H30N2S. The van der Waals surface area contributed by atoms with Crippen LogP contribution in [0.2, 0.25) is 0 Å². The average molecular weight is 270 g/mol. The van der Waals surface area contributed by atoms with Gasteiger partial charge in [0.05, 0.1) is 0 Å². The zero-order valence-corrected chi connectivity index (χ0v) is 13.2. The second-order valence-corrected chi connectivity index (χ2v) is 7.97. The van der Waals surface area contributed by atoms with E-state index in [9.17, 15) is 0 Å². The third kappa shape index (κ3) is 3.64. The lowest BCUT2D eigenvalue weighted by Gasteiger charge is -2.43. The highest BCUT2D eigenvalue weighted by Gasteiger charge is 2.35. The van der Waals surface area contributed by atoms with Crippen LogP contribution in [0.15, 0.2) is 0 Å². The fourth-order valence-corrected chi connectivity index (χ4v) is 4.78. The molecule has 1 N–H and O–H groups in total. The number of hydrogen-bond acceptors (Lipinski definition) is 3. The molecule has 18 heavy (non-hydrogen) atoms. The summed E-state index contributed by atoms with van der Waals surface area (Å²) >= 11 is 2.20. The second-order valence-electron chi connectivity index (χ2n) is 6.29. The number of nitrogens with zero attached hydrogens (tertiary/aromatic N) is 1. The van der Waals surface area contributed by atoms with Crippen LogP contribution in [0.5, 0.6) is 0 Å². The van der Waals surface area contributed by atoms with E-state index in [1.807, 2.05) is 0 Å². The van der Waals surface area contributed by atoms with Crippen LogP contribution in [0.3, 0.4) is 0 Å². The van der Waals surface area contributed by atoms with Gasteiger partial charge in [-0.25, -0.2) is 0 Å². The Bertz CT molecular complexity index is 251. The van der Waals surface area contributed by atoms with Crippen molar-refractivity contribution in [2.45, 2.75) is 69.7 Å². The largest absolute Gasteiger partial charge is 0.311 e. The van der Waals surface area contributed by atoms with Crippen molar-refractivity contribution in [3.8, 4) is 0 Å². The molecule has 2 aliphatic rings. The smallest absolute Gasteiger partial charge is 0.0259 e. The van der Waals surface area contributed by atoms with Crippen LogP contribution >= 0.6 is 11.8 Å². The predicted molar refractivity (Wildman–Crippen MR) is 82.4 cm³/mol. The summed E-state index contributed by atoms with van der Waals surface area (Å²) in [5.74, 6) is 1.37. The molecule has 2 saturated heterocycles. The first kappa shape index (κ1) is 14.7. The van der Waals surface area contributed by atoms with E-state index in [0.29, 0.717) is 4.75 Å². The Morgan fingerprint density at radius 2 is 2.22 bits per heavy atom. The number of hydrogen-bond donors (Lipinski definition) is 1. The van der Waals surface area contributed by atoms with Crippen molar-refractivity contribution >= 4 is 11.8 Å². The van der Waals surface area contributed by atoms with E-state index in [4.69, 9.17) is 0 Å². The van der Waals surface area contributed by atoms with E-state index in [2.05, 4.69) is 42.7 Å². The summed E-state index contributed by atoms with van der Waals surface area (Å²) in [7, 11) is 0. The predicted octanol–water partition coefficient (Wildman–Crippen LogP) is 3.12. The molecule has 106 valence electrons.